The van der Waals surface area contributed by atoms with Crippen LogP contribution in [0.3, 0.4) is 0 Å². The van der Waals surface area contributed by atoms with Gasteiger partial charge >= 0.3 is 0 Å². The van der Waals surface area contributed by atoms with Crippen LogP contribution in [0.15, 0.2) is 42.5 Å². The predicted molar refractivity (Wildman–Crippen MR) is 92.6 cm³/mol. The molecule has 1 aliphatic carbocycles. The molecule has 0 saturated carbocycles. The highest BCUT2D eigenvalue weighted by atomic mass is 16.5. The summed E-state index contributed by atoms with van der Waals surface area (Å²) >= 11 is 0. The number of hydrogen-bond acceptors (Lipinski definition) is 3. The average Bonchev–Trinajstić information content (AvgIpc) is 2.56. The quantitative estimate of drug-likeness (QED) is 0.851. The average molecular weight is 310 g/mol. The minimum atomic E-state index is 0.00864. The number of hydrogen-bond donors (Lipinski definition) is 2. The van der Waals surface area contributed by atoms with Crippen LogP contribution in [-0.2, 0) is 17.6 Å². The molecule has 4 heteroatoms. The molecule has 23 heavy (non-hydrogen) atoms. The molecule has 0 saturated heterocycles. The van der Waals surface area contributed by atoms with Gasteiger partial charge in [0.2, 0.25) is 5.91 Å². The van der Waals surface area contributed by atoms with E-state index in [1.807, 2.05) is 0 Å². The first kappa shape index (κ1) is 15.4. The molecule has 3 N–H and O–H groups in total. The summed E-state index contributed by atoms with van der Waals surface area (Å²) in [5, 5.41) is 2.91. The molecule has 0 aromatic heterocycles. The SMILES string of the molecule is COc1ccc(N)c(NC(=O)CC2CCc3ccccc3C2)c1. The summed E-state index contributed by atoms with van der Waals surface area (Å²) in [6.07, 6.45) is 3.59. The standard InChI is InChI=1S/C19H22N2O2/c1-23-16-8-9-17(20)18(12-16)21-19(22)11-13-6-7-14-4-2-3-5-15(14)10-13/h2-5,8-9,12-13H,6-7,10-11,20H2,1H3,(H,21,22). The van der Waals surface area contributed by atoms with Gasteiger partial charge in [-0.2, -0.15) is 0 Å². The number of carbonyl (C=O) groups excluding carboxylic acids is 1. The Labute approximate surface area is 136 Å². The molecule has 4 nitrogen and oxygen atoms in total. The summed E-state index contributed by atoms with van der Waals surface area (Å²) in [6, 6.07) is 13.8. The van der Waals surface area contributed by atoms with E-state index in [9.17, 15) is 4.79 Å². The molecule has 0 radical (unpaired) electrons. The molecule has 1 atom stereocenters. The van der Waals surface area contributed by atoms with Crippen LogP contribution in [0.5, 0.6) is 5.75 Å². The van der Waals surface area contributed by atoms with Crippen molar-refractivity contribution in [1.29, 1.82) is 0 Å². The van der Waals surface area contributed by atoms with Crippen LogP contribution in [0.25, 0.3) is 0 Å². The molecule has 1 amide bonds. The number of amides is 1. The minimum absolute atomic E-state index is 0.00864. The summed E-state index contributed by atoms with van der Waals surface area (Å²) < 4.78 is 5.17. The normalized spacial score (nSPS) is 16.5. The van der Waals surface area contributed by atoms with Crippen molar-refractivity contribution in [2.24, 2.45) is 5.92 Å². The monoisotopic (exact) mass is 310 g/mol. The molecular weight excluding hydrogens is 288 g/mol. The van der Waals surface area contributed by atoms with Crippen molar-refractivity contribution >= 4 is 17.3 Å². The zero-order valence-corrected chi connectivity index (χ0v) is 13.3. The summed E-state index contributed by atoms with van der Waals surface area (Å²) in [5.74, 6) is 1.08. The van der Waals surface area contributed by atoms with Gasteiger partial charge in [0.1, 0.15) is 5.75 Å². The first-order valence-corrected chi connectivity index (χ1v) is 7.96. The summed E-state index contributed by atoms with van der Waals surface area (Å²) in [6.45, 7) is 0. The van der Waals surface area contributed by atoms with Gasteiger partial charge in [0.15, 0.2) is 0 Å². The molecule has 1 unspecified atom stereocenters. The second-order valence-corrected chi connectivity index (χ2v) is 6.08. The van der Waals surface area contributed by atoms with Gasteiger partial charge in [-0.25, -0.2) is 0 Å². The van der Waals surface area contributed by atoms with Gasteiger partial charge in [-0.15, -0.1) is 0 Å². The number of nitrogen functional groups attached to an aromatic ring is 1. The van der Waals surface area contributed by atoms with E-state index < -0.39 is 0 Å². The minimum Gasteiger partial charge on any atom is -0.497 e. The van der Waals surface area contributed by atoms with E-state index in [2.05, 4.69) is 29.6 Å². The van der Waals surface area contributed by atoms with Crippen molar-refractivity contribution in [2.75, 3.05) is 18.2 Å². The van der Waals surface area contributed by atoms with E-state index in [1.165, 1.54) is 11.1 Å². The number of benzene rings is 2. The Kier molecular flexibility index (Phi) is 4.51. The lowest BCUT2D eigenvalue weighted by atomic mass is 9.82. The third-order valence-corrected chi connectivity index (χ3v) is 4.46. The molecule has 0 aliphatic heterocycles. The van der Waals surface area contributed by atoms with E-state index in [0.717, 1.165) is 19.3 Å². The fraction of sp³-hybridized carbons (Fsp3) is 0.316. The smallest absolute Gasteiger partial charge is 0.224 e. The number of aryl methyl sites for hydroxylation is 1. The van der Waals surface area contributed by atoms with Gasteiger partial charge in [-0.05, 0) is 48.4 Å². The number of fused-ring (bicyclic) bond motifs is 1. The predicted octanol–water partition coefficient (Wildman–Crippen LogP) is 3.41. The number of anilines is 2. The Hall–Kier alpha value is -2.49. The maximum absolute atomic E-state index is 12.3. The Morgan fingerprint density at radius 1 is 1.26 bits per heavy atom. The molecule has 2 aromatic rings. The fourth-order valence-electron chi connectivity index (χ4n) is 3.18. The summed E-state index contributed by atoms with van der Waals surface area (Å²) in [7, 11) is 1.59. The van der Waals surface area contributed by atoms with Crippen LogP contribution in [0.4, 0.5) is 11.4 Å². The van der Waals surface area contributed by atoms with Crippen molar-refractivity contribution in [3.05, 3.63) is 53.6 Å². The van der Waals surface area contributed by atoms with Crippen LogP contribution < -0.4 is 15.8 Å². The Morgan fingerprint density at radius 3 is 2.83 bits per heavy atom. The topological polar surface area (TPSA) is 64.3 Å². The third kappa shape index (κ3) is 3.65. The number of methoxy groups -OCH3 is 1. The number of rotatable bonds is 4. The van der Waals surface area contributed by atoms with Gasteiger partial charge < -0.3 is 15.8 Å². The lowest BCUT2D eigenvalue weighted by Gasteiger charge is -2.24. The van der Waals surface area contributed by atoms with Crippen LogP contribution in [0.2, 0.25) is 0 Å². The van der Waals surface area contributed by atoms with Crippen LogP contribution in [0, 0.1) is 5.92 Å². The Balaban J connectivity index is 1.62. The highest BCUT2D eigenvalue weighted by Gasteiger charge is 2.21. The van der Waals surface area contributed by atoms with Crippen LogP contribution in [0.1, 0.15) is 24.0 Å². The van der Waals surface area contributed by atoms with E-state index in [4.69, 9.17) is 10.5 Å². The molecule has 0 heterocycles. The van der Waals surface area contributed by atoms with Crippen molar-refractivity contribution in [3.63, 3.8) is 0 Å². The van der Waals surface area contributed by atoms with Gasteiger partial charge in [0.05, 0.1) is 18.5 Å². The second kappa shape index (κ2) is 6.73. The number of carbonyl (C=O) groups is 1. The van der Waals surface area contributed by atoms with Crippen molar-refractivity contribution < 1.29 is 9.53 Å². The van der Waals surface area contributed by atoms with E-state index in [1.54, 1.807) is 25.3 Å². The lowest BCUT2D eigenvalue weighted by Crippen LogP contribution is -2.22. The highest BCUT2D eigenvalue weighted by molar-refractivity contribution is 5.94. The first-order valence-electron chi connectivity index (χ1n) is 7.96. The first-order chi connectivity index (χ1) is 11.2. The molecule has 3 rings (SSSR count). The second-order valence-electron chi connectivity index (χ2n) is 6.08. The van der Waals surface area contributed by atoms with E-state index in [0.29, 0.717) is 29.5 Å². The molecule has 0 spiro atoms. The molecule has 0 fully saturated rings. The number of ether oxygens (including phenoxy) is 1. The highest BCUT2D eigenvalue weighted by Crippen LogP contribution is 2.29. The zero-order chi connectivity index (χ0) is 16.2. The molecular formula is C19H22N2O2. The molecule has 1 aliphatic rings. The fourth-order valence-corrected chi connectivity index (χ4v) is 3.18. The molecule has 2 aromatic carbocycles. The van der Waals surface area contributed by atoms with Gasteiger partial charge in [0, 0.05) is 12.5 Å². The number of nitrogens with two attached hydrogens (primary N) is 1. The van der Waals surface area contributed by atoms with Gasteiger partial charge in [-0.1, -0.05) is 24.3 Å². The molecule has 120 valence electrons. The number of nitrogens with one attached hydrogen (secondary N) is 1. The van der Waals surface area contributed by atoms with Gasteiger partial charge in [0.25, 0.3) is 0 Å². The third-order valence-electron chi connectivity index (χ3n) is 4.46. The van der Waals surface area contributed by atoms with Crippen molar-refractivity contribution in [2.45, 2.75) is 25.7 Å². The Morgan fingerprint density at radius 2 is 2.04 bits per heavy atom. The maximum atomic E-state index is 12.3. The van der Waals surface area contributed by atoms with E-state index in [-0.39, 0.29) is 5.91 Å². The molecule has 0 bridgehead atoms. The van der Waals surface area contributed by atoms with Crippen molar-refractivity contribution in [3.8, 4) is 5.75 Å². The van der Waals surface area contributed by atoms with Crippen LogP contribution in [-0.4, -0.2) is 13.0 Å². The maximum Gasteiger partial charge on any atom is 0.224 e. The zero-order valence-electron chi connectivity index (χ0n) is 13.3. The Bertz CT molecular complexity index is 712. The van der Waals surface area contributed by atoms with Crippen molar-refractivity contribution in [1.82, 2.24) is 0 Å². The summed E-state index contributed by atoms with van der Waals surface area (Å²) in [4.78, 5) is 12.3. The largest absolute Gasteiger partial charge is 0.497 e. The van der Waals surface area contributed by atoms with Gasteiger partial charge in [-0.3, -0.25) is 4.79 Å². The summed E-state index contributed by atoms with van der Waals surface area (Å²) in [5.41, 5.74) is 9.87. The van der Waals surface area contributed by atoms with Crippen LogP contribution >= 0.6 is 0 Å². The lowest BCUT2D eigenvalue weighted by molar-refractivity contribution is -0.117. The van der Waals surface area contributed by atoms with E-state index >= 15 is 0 Å².